The second-order valence-electron chi connectivity index (χ2n) is 3.32. The van der Waals surface area contributed by atoms with Crippen LogP contribution in [-0.4, -0.2) is 5.91 Å². The van der Waals surface area contributed by atoms with Gasteiger partial charge in [0.1, 0.15) is 5.82 Å². The maximum atomic E-state index is 12.9. The maximum Gasteiger partial charge on any atom is 0.220 e. The van der Waals surface area contributed by atoms with E-state index < -0.39 is 0 Å². The zero-order chi connectivity index (χ0) is 10.1. The molecule has 0 bridgehead atoms. The first-order valence-electron chi connectivity index (χ1n) is 4.41. The van der Waals surface area contributed by atoms with Crippen molar-refractivity contribution < 1.29 is 9.18 Å². The molecule has 0 aliphatic carbocycles. The van der Waals surface area contributed by atoms with Crippen LogP contribution in [0.4, 0.5) is 4.39 Å². The molecule has 1 aliphatic rings. The molecule has 1 amide bonds. The first kappa shape index (κ1) is 9.46. The summed E-state index contributed by atoms with van der Waals surface area (Å²) < 4.78 is 12.9. The fourth-order valence-corrected chi connectivity index (χ4v) is 1.88. The largest absolute Gasteiger partial charge is 0.349 e. The highest BCUT2D eigenvalue weighted by Crippen LogP contribution is 2.29. The molecule has 4 heteroatoms. The van der Waals surface area contributed by atoms with Gasteiger partial charge in [-0.15, -0.1) is 0 Å². The van der Waals surface area contributed by atoms with Crippen LogP contribution in [0.2, 0.25) is 5.02 Å². The summed E-state index contributed by atoms with van der Waals surface area (Å²) in [4.78, 5) is 11.0. The van der Waals surface area contributed by atoms with Crippen molar-refractivity contribution in [2.24, 2.45) is 0 Å². The number of halogens is 2. The number of rotatable bonds is 1. The molecule has 1 saturated heterocycles. The Bertz CT molecular complexity index is 380. The lowest BCUT2D eigenvalue weighted by molar-refractivity contribution is -0.119. The minimum absolute atomic E-state index is 0.00433. The first-order valence-corrected chi connectivity index (χ1v) is 4.79. The Morgan fingerprint density at radius 2 is 2.29 bits per heavy atom. The molecule has 2 nitrogen and oxygen atoms in total. The summed E-state index contributed by atoms with van der Waals surface area (Å²) in [6.07, 6.45) is 1.17. The number of hydrogen-bond donors (Lipinski definition) is 1. The van der Waals surface area contributed by atoms with E-state index in [1.165, 1.54) is 18.2 Å². The Labute approximate surface area is 86.1 Å². The highest BCUT2D eigenvalue weighted by atomic mass is 35.5. The van der Waals surface area contributed by atoms with E-state index in [1.54, 1.807) is 0 Å². The monoisotopic (exact) mass is 213 g/mol. The highest BCUT2D eigenvalue weighted by molar-refractivity contribution is 6.31. The summed E-state index contributed by atoms with van der Waals surface area (Å²) in [5.41, 5.74) is 0.664. The Balaban J connectivity index is 2.31. The average Bonchev–Trinajstić information content (AvgIpc) is 2.56. The third-order valence-corrected chi connectivity index (χ3v) is 2.67. The van der Waals surface area contributed by atoms with Crippen LogP contribution in [0.25, 0.3) is 0 Å². The van der Waals surface area contributed by atoms with Crippen molar-refractivity contribution in [3.8, 4) is 0 Å². The molecule has 0 aromatic heterocycles. The second kappa shape index (κ2) is 3.58. The standard InChI is InChI=1S/C10H9ClFNO/c11-8-2-1-6(12)5-7(8)9-3-4-10(14)13-9/h1-2,5,9H,3-4H2,(H,13,14)/t9-/m1/s1. The van der Waals surface area contributed by atoms with Gasteiger partial charge in [-0.3, -0.25) is 4.79 Å². The molecule has 74 valence electrons. The number of hydrogen-bond acceptors (Lipinski definition) is 1. The summed E-state index contributed by atoms with van der Waals surface area (Å²) in [5.74, 6) is -0.333. The molecular weight excluding hydrogens is 205 g/mol. The highest BCUT2D eigenvalue weighted by Gasteiger charge is 2.24. The fraction of sp³-hybridized carbons (Fsp3) is 0.300. The average molecular weight is 214 g/mol. The van der Waals surface area contributed by atoms with Crippen molar-refractivity contribution in [3.63, 3.8) is 0 Å². The van der Waals surface area contributed by atoms with Crippen LogP contribution in [0.3, 0.4) is 0 Å². The summed E-state index contributed by atoms with van der Waals surface area (Å²) in [5, 5.41) is 3.25. The van der Waals surface area contributed by atoms with Gasteiger partial charge in [-0.25, -0.2) is 4.39 Å². The smallest absolute Gasteiger partial charge is 0.220 e. The van der Waals surface area contributed by atoms with E-state index in [2.05, 4.69) is 5.32 Å². The molecule has 0 saturated carbocycles. The molecule has 0 radical (unpaired) electrons. The third-order valence-electron chi connectivity index (χ3n) is 2.33. The van der Waals surface area contributed by atoms with Gasteiger partial charge in [0.05, 0.1) is 6.04 Å². The Morgan fingerprint density at radius 1 is 1.50 bits per heavy atom. The molecule has 1 aliphatic heterocycles. The van der Waals surface area contributed by atoms with Gasteiger partial charge < -0.3 is 5.32 Å². The normalized spacial score (nSPS) is 21.0. The van der Waals surface area contributed by atoms with E-state index >= 15 is 0 Å². The lowest BCUT2D eigenvalue weighted by Gasteiger charge is -2.11. The number of benzene rings is 1. The zero-order valence-electron chi connectivity index (χ0n) is 7.39. The number of amides is 1. The summed E-state index contributed by atoms with van der Waals surface area (Å²) in [6.45, 7) is 0. The van der Waals surface area contributed by atoms with Gasteiger partial charge in [-0.1, -0.05) is 11.6 Å². The minimum Gasteiger partial charge on any atom is -0.349 e. The van der Waals surface area contributed by atoms with Gasteiger partial charge in [-0.2, -0.15) is 0 Å². The fourth-order valence-electron chi connectivity index (χ4n) is 1.63. The van der Waals surface area contributed by atoms with E-state index in [0.29, 0.717) is 23.4 Å². The van der Waals surface area contributed by atoms with Crippen LogP contribution in [0.15, 0.2) is 18.2 Å². The van der Waals surface area contributed by atoms with Crippen LogP contribution in [-0.2, 0) is 4.79 Å². The zero-order valence-corrected chi connectivity index (χ0v) is 8.14. The molecule has 0 unspecified atom stereocenters. The van der Waals surface area contributed by atoms with Crippen LogP contribution < -0.4 is 5.32 Å². The molecular formula is C10H9ClFNO. The molecule has 2 rings (SSSR count). The molecule has 1 fully saturated rings. The van der Waals surface area contributed by atoms with Crippen LogP contribution >= 0.6 is 11.6 Å². The van der Waals surface area contributed by atoms with Gasteiger partial charge in [0.15, 0.2) is 0 Å². The van der Waals surface area contributed by atoms with E-state index in [0.717, 1.165) is 0 Å². The van der Waals surface area contributed by atoms with Crippen molar-refractivity contribution in [2.75, 3.05) is 0 Å². The molecule has 1 N–H and O–H groups in total. The Kier molecular flexibility index (Phi) is 2.42. The Morgan fingerprint density at radius 3 is 2.93 bits per heavy atom. The lowest BCUT2D eigenvalue weighted by Crippen LogP contribution is -2.18. The topological polar surface area (TPSA) is 29.1 Å². The van der Waals surface area contributed by atoms with Gasteiger partial charge in [0.2, 0.25) is 5.91 Å². The summed E-state index contributed by atoms with van der Waals surface area (Å²) >= 11 is 5.91. The maximum absolute atomic E-state index is 12.9. The van der Waals surface area contributed by atoms with Crippen molar-refractivity contribution in [1.29, 1.82) is 0 Å². The quantitative estimate of drug-likeness (QED) is 0.763. The van der Waals surface area contributed by atoms with Gasteiger partial charge >= 0.3 is 0 Å². The Hall–Kier alpha value is -1.09. The van der Waals surface area contributed by atoms with Crippen LogP contribution in [0.5, 0.6) is 0 Å². The van der Waals surface area contributed by atoms with Crippen molar-refractivity contribution >= 4 is 17.5 Å². The van der Waals surface area contributed by atoms with Gasteiger partial charge in [0, 0.05) is 11.4 Å². The van der Waals surface area contributed by atoms with E-state index in [1.807, 2.05) is 0 Å². The molecule has 1 heterocycles. The van der Waals surface area contributed by atoms with E-state index in [9.17, 15) is 9.18 Å². The second-order valence-corrected chi connectivity index (χ2v) is 3.73. The van der Waals surface area contributed by atoms with Crippen molar-refractivity contribution in [1.82, 2.24) is 5.32 Å². The predicted molar refractivity (Wildman–Crippen MR) is 51.5 cm³/mol. The first-order chi connectivity index (χ1) is 6.66. The summed E-state index contributed by atoms with van der Waals surface area (Å²) in [7, 11) is 0. The summed E-state index contributed by atoms with van der Waals surface area (Å²) in [6, 6.07) is 4.06. The van der Waals surface area contributed by atoms with Gasteiger partial charge in [-0.05, 0) is 30.2 Å². The van der Waals surface area contributed by atoms with Crippen molar-refractivity contribution in [2.45, 2.75) is 18.9 Å². The van der Waals surface area contributed by atoms with Gasteiger partial charge in [0.25, 0.3) is 0 Å². The number of carbonyl (C=O) groups is 1. The van der Waals surface area contributed by atoms with E-state index in [4.69, 9.17) is 11.6 Å². The molecule has 14 heavy (non-hydrogen) atoms. The molecule has 1 aromatic rings. The third kappa shape index (κ3) is 1.73. The van der Waals surface area contributed by atoms with Crippen molar-refractivity contribution in [3.05, 3.63) is 34.6 Å². The SMILES string of the molecule is O=C1CC[C@H](c2cc(F)ccc2Cl)N1. The van der Waals surface area contributed by atoms with Crippen LogP contribution in [0.1, 0.15) is 24.4 Å². The minimum atomic E-state index is -0.328. The molecule has 1 aromatic carbocycles. The predicted octanol–water partition coefficient (Wildman–Crippen LogP) is 2.43. The lowest BCUT2D eigenvalue weighted by atomic mass is 10.1. The van der Waals surface area contributed by atoms with Crippen LogP contribution in [0, 0.1) is 5.82 Å². The molecule has 0 spiro atoms. The number of carbonyl (C=O) groups excluding carboxylic acids is 1. The number of nitrogens with one attached hydrogen (secondary N) is 1. The van der Waals surface area contributed by atoms with E-state index in [-0.39, 0.29) is 17.8 Å². The molecule has 1 atom stereocenters.